The highest BCUT2D eigenvalue weighted by Crippen LogP contribution is 2.71. The zero-order valence-corrected chi connectivity index (χ0v) is 24.7. The van der Waals surface area contributed by atoms with Crippen LogP contribution < -0.4 is 14.8 Å². The molecular formula is C32H40ClN3O4. The fourth-order valence-electron chi connectivity index (χ4n) is 7.34. The Morgan fingerprint density at radius 3 is 2.35 bits per heavy atom. The molecule has 8 heteroatoms. The van der Waals surface area contributed by atoms with Crippen molar-refractivity contribution in [2.45, 2.75) is 50.9 Å². The molecule has 2 aromatic carbocycles. The Balaban J connectivity index is 1.19. The Morgan fingerprint density at radius 1 is 0.975 bits per heavy atom. The van der Waals surface area contributed by atoms with E-state index in [1.54, 1.807) is 31.1 Å². The molecule has 2 atom stereocenters. The predicted molar refractivity (Wildman–Crippen MR) is 157 cm³/mol. The standard InChI is InChI=1S/C32H40ClN3O4/c1-21(35(2)3)39-27-11-6-22(15-28(27)40-30(38)36(4)5)12-13-34-29(37)32-17-23-14-25(18-31(16-23,19-32)20-32)24-7-9-26(33)10-8-24/h6-11,15,23,25H,1,12-14,16-20H2,2-5H3,(H,34,37). The van der Waals surface area contributed by atoms with Crippen LogP contribution in [0.4, 0.5) is 4.79 Å². The molecule has 0 saturated heterocycles. The average Bonchev–Trinajstić information content (AvgIpc) is 2.88. The van der Waals surface area contributed by atoms with Gasteiger partial charge < -0.3 is 24.6 Å². The molecule has 40 heavy (non-hydrogen) atoms. The second-order valence-corrected chi connectivity index (χ2v) is 13.0. The average molecular weight is 566 g/mol. The number of amides is 2. The zero-order chi connectivity index (χ0) is 28.7. The van der Waals surface area contributed by atoms with Crippen molar-refractivity contribution in [1.82, 2.24) is 15.1 Å². The van der Waals surface area contributed by atoms with E-state index < -0.39 is 6.09 Å². The van der Waals surface area contributed by atoms with Gasteiger partial charge in [-0.05, 0) is 104 Å². The maximum Gasteiger partial charge on any atom is 0.414 e. The van der Waals surface area contributed by atoms with E-state index in [1.807, 2.05) is 32.3 Å². The maximum absolute atomic E-state index is 13.5. The van der Waals surface area contributed by atoms with Crippen LogP contribution in [0.25, 0.3) is 0 Å². The Kier molecular flexibility index (Phi) is 7.79. The van der Waals surface area contributed by atoms with E-state index in [-0.39, 0.29) is 11.3 Å². The van der Waals surface area contributed by atoms with Crippen LogP contribution in [0.3, 0.4) is 0 Å². The van der Waals surface area contributed by atoms with Crippen molar-refractivity contribution < 1.29 is 19.1 Å². The van der Waals surface area contributed by atoms with Gasteiger partial charge in [-0.2, -0.15) is 0 Å². The first-order chi connectivity index (χ1) is 19.0. The third-order valence-electron chi connectivity index (χ3n) is 8.94. The van der Waals surface area contributed by atoms with Crippen molar-refractivity contribution in [3.63, 3.8) is 0 Å². The number of benzene rings is 2. The lowest BCUT2D eigenvalue weighted by molar-refractivity contribution is -0.176. The maximum atomic E-state index is 13.5. The number of nitrogens with zero attached hydrogens (tertiary/aromatic N) is 2. The van der Waals surface area contributed by atoms with Crippen LogP contribution in [0, 0.1) is 16.7 Å². The molecule has 1 N–H and O–H groups in total. The second-order valence-electron chi connectivity index (χ2n) is 12.5. The fraction of sp³-hybridized carbons (Fsp3) is 0.500. The highest BCUT2D eigenvalue weighted by atomic mass is 35.5. The van der Waals surface area contributed by atoms with Crippen molar-refractivity contribution in [1.29, 1.82) is 0 Å². The van der Waals surface area contributed by atoms with E-state index in [0.29, 0.717) is 47.6 Å². The summed E-state index contributed by atoms with van der Waals surface area (Å²) in [5, 5.41) is 4.01. The first-order valence-corrected chi connectivity index (χ1v) is 14.5. The number of hydrogen-bond acceptors (Lipinski definition) is 5. The highest BCUT2D eigenvalue weighted by molar-refractivity contribution is 6.30. The van der Waals surface area contributed by atoms with Gasteiger partial charge in [0.05, 0.1) is 5.41 Å². The number of nitrogens with one attached hydrogen (secondary N) is 1. The van der Waals surface area contributed by atoms with Gasteiger partial charge in [0.25, 0.3) is 0 Å². The third kappa shape index (κ3) is 5.80. The molecule has 0 radical (unpaired) electrons. The van der Waals surface area contributed by atoms with E-state index in [4.69, 9.17) is 21.1 Å². The van der Waals surface area contributed by atoms with Gasteiger partial charge in [-0.15, -0.1) is 0 Å². The van der Waals surface area contributed by atoms with Crippen LogP contribution >= 0.6 is 11.6 Å². The monoisotopic (exact) mass is 565 g/mol. The van der Waals surface area contributed by atoms with Crippen molar-refractivity contribution in [3.05, 3.63) is 71.1 Å². The van der Waals surface area contributed by atoms with E-state index in [0.717, 1.165) is 36.3 Å². The van der Waals surface area contributed by atoms with E-state index in [9.17, 15) is 9.59 Å². The summed E-state index contributed by atoms with van der Waals surface area (Å²) in [5.74, 6) is 2.51. The molecular weight excluding hydrogens is 526 g/mol. The summed E-state index contributed by atoms with van der Waals surface area (Å²) in [6.45, 7) is 4.42. The molecule has 1 spiro atoms. The predicted octanol–water partition coefficient (Wildman–Crippen LogP) is 6.22. The van der Waals surface area contributed by atoms with Crippen LogP contribution in [0.2, 0.25) is 5.02 Å². The molecule has 2 amide bonds. The molecule has 0 heterocycles. The number of hydrogen-bond donors (Lipinski definition) is 1. The Morgan fingerprint density at radius 2 is 1.70 bits per heavy atom. The van der Waals surface area contributed by atoms with Gasteiger partial charge >= 0.3 is 6.09 Å². The third-order valence-corrected chi connectivity index (χ3v) is 9.20. The smallest absolute Gasteiger partial charge is 0.414 e. The molecule has 3 bridgehead atoms. The summed E-state index contributed by atoms with van der Waals surface area (Å²) in [5.41, 5.74) is 2.42. The van der Waals surface area contributed by atoms with Gasteiger partial charge in [0, 0.05) is 39.8 Å². The van der Waals surface area contributed by atoms with Crippen LogP contribution in [0.15, 0.2) is 54.9 Å². The minimum Gasteiger partial charge on any atom is -0.438 e. The molecule has 4 aliphatic carbocycles. The van der Waals surface area contributed by atoms with Crippen LogP contribution in [-0.2, 0) is 11.2 Å². The van der Waals surface area contributed by atoms with Crippen LogP contribution in [0.5, 0.6) is 11.5 Å². The lowest BCUT2D eigenvalue weighted by atomic mass is 9.38. The Hall–Kier alpha value is -3.19. The number of halogens is 1. The first kappa shape index (κ1) is 28.3. The normalized spacial score (nSPS) is 26.2. The number of rotatable bonds is 9. The molecule has 7 nitrogen and oxygen atoms in total. The summed E-state index contributed by atoms with van der Waals surface area (Å²) in [7, 11) is 6.90. The molecule has 0 aliphatic heterocycles. The summed E-state index contributed by atoms with van der Waals surface area (Å²) in [4.78, 5) is 28.8. The van der Waals surface area contributed by atoms with Gasteiger partial charge in [-0.25, -0.2) is 4.79 Å². The van der Waals surface area contributed by atoms with Gasteiger partial charge in [0.15, 0.2) is 17.4 Å². The molecule has 6 rings (SSSR count). The van der Waals surface area contributed by atoms with Gasteiger partial charge in [0.1, 0.15) is 0 Å². The summed E-state index contributed by atoms with van der Waals surface area (Å²) >= 11 is 6.11. The van der Waals surface area contributed by atoms with Gasteiger partial charge in [-0.1, -0.05) is 29.8 Å². The van der Waals surface area contributed by atoms with Crippen molar-refractivity contribution in [2.75, 3.05) is 34.7 Å². The lowest BCUT2D eigenvalue weighted by Gasteiger charge is -2.65. The quantitative estimate of drug-likeness (QED) is 0.365. The largest absolute Gasteiger partial charge is 0.438 e. The van der Waals surface area contributed by atoms with E-state index >= 15 is 0 Å². The second kappa shape index (κ2) is 11.0. The molecule has 4 saturated carbocycles. The SMILES string of the molecule is C=C(Oc1ccc(CCNC(=O)C23CC4CC(c5ccc(Cl)cc5)CC(C4)(C2)C3)cc1OC(=O)N(C)C)N(C)C. The van der Waals surface area contributed by atoms with E-state index in [1.165, 1.54) is 23.3 Å². The summed E-state index contributed by atoms with van der Waals surface area (Å²) in [6, 6.07) is 13.8. The minimum atomic E-state index is -0.495. The first-order valence-electron chi connectivity index (χ1n) is 14.1. The molecule has 4 fully saturated rings. The topological polar surface area (TPSA) is 71.1 Å². The van der Waals surface area contributed by atoms with E-state index in [2.05, 4.69) is 24.0 Å². The zero-order valence-electron chi connectivity index (χ0n) is 24.0. The summed E-state index contributed by atoms with van der Waals surface area (Å²) < 4.78 is 11.4. The molecule has 0 aromatic heterocycles. The lowest BCUT2D eigenvalue weighted by Crippen LogP contribution is -2.62. The number of carbonyl (C=O) groups is 2. The highest BCUT2D eigenvalue weighted by Gasteiger charge is 2.65. The van der Waals surface area contributed by atoms with Gasteiger partial charge in [-0.3, -0.25) is 4.79 Å². The van der Waals surface area contributed by atoms with Crippen molar-refractivity contribution in [2.24, 2.45) is 16.7 Å². The van der Waals surface area contributed by atoms with Crippen molar-refractivity contribution in [3.8, 4) is 11.5 Å². The summed E-state index contributed by atoms with van der Waals surface area (Å²) in [6.07, 6.45) is 6.69. The fourth-order valence-corrected chi connectivity index (χ4v) is 7.46. The Labute approximate surface area is 242 Å². The molecule has 2 unspecified atom stereocenters. The van der Waals surface area contributed by atoms with Crippen molar-refractivity contribution >= 4 is 23.6 Å². The molecule has 2 aromatic rings. The van der Waals surface area contributed by atoms with Crippen LogP contribution in [0.1, 0.15) is 55.6 Å². The number of ether oxygens (including phenoxy) is 2. The number of carbonyl (C=O) groups excluding carboxylic acids is 2. The molecule has 214 valence electrons. The Bertz CT molecular complexity index is 1280. The minimum absolute atomic E-state index is 0.194. The van der Waals surface area contributed by atoms with Gasteiger partial charge in [0.2, 0.25) is 5.91 Å². The van der Waals surface area contributed by atoms with Crippen LogP contribution in [-0.4, -0.2) is 56.5 Å². The molecule has 4 aliphatic rings.